The molecule has 0 radical (unpaired) electrons. The van der Waals surface area contributed by atoms with Gasteiger partial charge in [-0.05, 0) is 74.2 Å². The summed E-state index contributed by atoms with van der Waals surface area (Å²) in [5, 5.41) is 12.8. The van der Waals surface area contributed by atoms with Gasteiger partial charge in [0.25, 0.3) is 0 Å². The van der Waals surface area contributed by atoms with Gasteiger partial charge in [0.1, 0.15) is 11.8 Å². The molecule has 3 aromatic carbocycles. The molecular weight excluding hydrogens is 358 g/mol. The normalized spacial score (nSPS) is 10.8. The summed E-state index contributed by atoms with van der Waals surface area (Å²) in [6.45, 7) is 8.08. The fourth-order valence-electron chi connectivity index (χ4n) is 3.19. The predicted octanol–water partition coefficient (Wildman–Crippen LogP) is 6.08. The molecule has 0 aliphatic rings. The lowest BCUT2D eigenvalue weighted by molar-refractivity contribution is 0.242. The van der Waals surface area contributed by atoms with Crippen molar-refractivity contribution in [1.82, 2.24) is 0 Å². The predicted molar refractivity (Wildman–Crippen MR) is 121 cm³/mol. The first-order valence-electron chi connectivity index (χ1n) is 9.85. The Morgan fingerprint density at radius 1 is 0.828 bits per heavy atom. The van der Waals surface area contributed by atoms with E-state index in [0.29, 0.717) is 17.4 Å². The molecule has 0 saturated carbocycles. The van der Waals surface area contributed by atoms with E-state index in [1.807, 2.05) is 44.2 Å². The van der Waals surface area contributed by atoms with Crippen molar-refractivity contribution in [3.8, 4) is 34.1 Å². The Bertz CT molecular complexity index is 1030. The van der Waals surface area contributed by atoms with Crippen molar-refractivity contribution in [3.05, 3.63) is 66.2 Å². The van der Waals surface area contributed by atoms with Crippen LogP contribution in [0, 0.1) is 11.3 Å². The summed E-state index contributed by atoms with van der Waals surface area (Å²) in [6, 6.07) is 22.6. The van der Waals surface area contributed by atoms with Crippen LogP contribution in [0.25, 0.3) is 22.3 Å². The van der Waals surface area contributed by atoms with E-state index in [4.69, 9.17) is 10.5 Å². The van der Waals surface area contributed by atoms with Gasteiger partial charge in [-0.2, -0.15) is 5.26 Å². The molecule has 0 bridgehead atoms. The Balaban J connectivity index is 1.85. The minimum Gasteiger partial charge on any atom is -0.490 e. The molecule has 0 atom stereocenters. The van der Waals surface area contributed by atoms with E-state index in [9.17, 15) is 5.26 Å². The van der Waals surface area contributed by atoms with Crippen LogP contribution in [0.2, 0.25) is 0 Å². The number of benzene rings is 3. The zero-order valence-corrected chi connectivity index (χ0v) is 17.4. The molecule has 0 saturated heterocycles. The number of ether oxygens (including phenoxy) is 1. The van der Waals surface area contributed by atoms with Crippen LogP contribution in [0.5, 0.6) is 5.75 Å². The first-order chi connectivity index (χ1) is 13.9. The number of hydrogen-bond donors (Lipinski definition) is 2. The van der Waals surface area contributed by atoms with Gasteiger partial charge >= 0.3 is 0 Å². The number of nitrogens with zero attached hydrogens (tertiary/aromatic N) is 1. The van der Waals surface area contributed by atoms with Crippen LogP contribution in [0.3, 0.4) is 0 Å². The first kappa shape index (κ1) is 20.3. The maximum atomic E-state index is 9.45. The second-order valence-corrected chi connectivity index (χ2v) is 7.67. The molecule has 29 heavy (non-hydrogen) atoms. The van der Waals surface area contributed by atoms with Gasteiger partial charge in [0.15, 0.2) is 0 Å². The topological polar surface area (TPSA) is 71.1 Å². The van der Waals surface area contributed by atoms with Crippen molar-refractivity contribution in [2.75, 3.05) is 11.1 Å². The Hall–Kier alpha value is -3.45. The maximum absolute atomic E-state index is 9.45. The van der Waals surface area contributed by atoms with E-state index in [0.717, 1.165) is 33.6 Å². The fraction of sp³-hybridized carbons (Fsp3) is 0.240. The minimum atomic E-state index is 0.0294. The molecule has 0 aliphatic heterocycles. The van der Waals surface area contributed by atoms with Crippen LogP contribution in [0.15, 0.2) is 60.7 Å². The summed E-state index contributed by atoms with van der Waals surface area (Å²) in [7, 11) is 0. The number of nitriles is 1. The van der Waals surface area contributed by atoms with Crippen LogP contribution in [-0.4, -0.2) is 12.1 Å². The quantitative estimate of drug-likeness (QED) is 0.504. The molecule has 0 aliphatic carbocycles. The Morgan fingerprint density at radius 2 is 1.38 bits per heavy atom. The summed E-state index contributed by atoms with van der Waals surface area (Å²) in [4.78, 5) is 0. The molecule has 3 rings (SSSR count). The highest BCUT2D eigenvalue weighted by Crippen LogP contribution is 2.31. The second-order valence-electron chi connectivity index (χ2n) is 7.67. The highest BCUT2D eigenvalue weighted by Gasteiger charge is 2.09. The number of anilines is 2. The molecule has 0 spiro atoms. The van der Waals surface area contributed by atoms with Crippen LogP contribution < -0.4 is 15.8 Å². The van der Waals surface area contributed by atoms with E-state index in [2.05, 4.69) is 55.6 Å². The third kappa shape index (κ3) is 4.89. The summed E-state index contributed by atoms with van der Waals surface area (Å²) < 4.78 is 5.71. The Kier molecular flexibility index (Phi) is 6.09. The Morgan fingerprint density at radius 3 is 1.90 bits per heavy atom. The van der Waals surface area contributed by atoms with E-state index in [1.54, 1.807) is 0 Å². The molecular formula is C25H27N3O. The SMILES string of the molecule is CC(C)Nc1ccc(-c2ccc(-c3ccc(OC(C)C)c(C#N)c3)cc2)cc1N. The average Bonchev–Trinajstić information content (AvgIpc) is 2.69. The molecule has 3 aromatic rings. The van der Waals surface area contributed by atoms with Crippen molar-refractivity contribution >= 4 is 11.4 Å². The van der Waals surface area contributed by atoms with Crippen LogP contribution in [0.1, 0.15) is 33.3 Å². The van der Waals surface area contributed by atoms with Crippen molar-refractivity contribution in [2.24, 2.45) is 0 Å². The molecule has 3 N–H and O–H groups in total. The van der Waals surface area contributed by atoms with Crippen molar-refractivity contribution in [3.63, 3.8) is 0 Å². The van der Waals surface area contributed by atoms with Gasteiger partial charge in [0.2, 0.25) is 0 Å². The highest BCUT2D eigenvalue weighted by atomic mass is 16.5. The lowest BCUT2D eigenvalue weighted by Gasteiger charge is -2.14. The Labute approximate surface area is 172 Å². The van der Waals surface area contributed by atoms with Gasteiger partial charge in [-0.25, -0.2) is 0 Å². The van der Waals surface area contributed by atoms with Crippen molar-refractivity contribution in [1.29, 1.82) is 5.26 Å². The van der Waals surface area contributed by atoms with E-state index in [1.165, 1.54) is 0 Å². The van der Waals surface area contributed by atoms with Gasteiger partial charge in [-0.3, -0.25) is 0 Å². The second kappa shape index (κ2) is 8.70. The van der Waals surface area contributed by atoms with Gasteiger partial charge in [-0.15, -0.1) is 0 Å². The van der Waals surface area contributed by atoms with Gasteiger partial charge in [0.05, 0.1) is 23.0 Å². The molecule has 4 heteroatoms. The number of nitrogen functional groups attached to an aromatic ring is 1. The standard InChI is InChI=1S/C25H27N3O/c1-16(2)28-24-11-9-21(14-23(24)27)19-7-5-18(6-8-19)20-10-12-25(29-17(3)4)22(13-20)15-26/h5-14,16-17,28H,27H2,1-4H3. The smallest absolute Gasteiger partial charge is 0.137 e. The van der Waals surface area contributed by atoms with E-state index in [-0.39, 0.29) is 6.10 Å². The van der Waals surface area contributed by atoms with Gasteiger partial charge < -0.3 is 15.8 Å². The largest absolute Gasteiger partial charge is 0.490 e. The van der Waals surface area contributed by atoms with Crippen molar-refractivity contribution in [2.45, 2.75) is 39.8 Å². The first-order valence-corrected chi connectivity index (χ1v) is 9.85. The van der Waals surface area contributed by atoms with Crippen molar-refractivity contribution < 1.29 is 4.74 Å². The van der Waals surface area contributed by atoms with E-state index < -0.39 is 0 Å². The zero-order valence-electron chi connectivity index (χ0n) is 17.4. The number of nitrogens with two attached hydrogens (primary N) is 1. The molecule has 148 valence electrons. The highest BCUT2D eigenvalue weighted by molar-refractivity contribution is 5.78. The lowest BCUT2D eigenvalue weighted by atomic mass is 9.98. The molecule has 0 aromatic heterocycles. The summed E-state index contributed by atoms with van der Waals surface area (Å²) in [5.74, 6) is 0.619. The average molecular weight is 386 g/mol. The van der Waals surface area contributed by atoms with Crippen LogP contribution in [0.4, 0.5) is 11.4 Å². The summed E-state index contributed by atoms with van der Waals surface area (Å²) in [5.41, 5.74) is 12.6. The molecule has 0 heterocycles. The van der Waals surface area contributed by atoms with Gasteiger partial charge in [0, 0.05) is 6.04 Å². The summed E-state index contributed by atoms with van der Waals surface area (Å²) >= 11 is 0. The number of nitrogens with one attached hydrogen (secondary N) is 1. The van der Waals surface area contributed by atoms with Crippen LogP contribution in [-0.2, 0) is 0 Å². The third-order valence-corrected chi connectivity index (χ3v) is 4.51. The third-order valence-electron chi connectivity index (χ3n) is 4.51. The van der Waals surface area contributed by atoms with Crippen LogP contribution >= 0.6 is 0 Å². The minimum absolute atomic E-state index is 0.0294. The van der Waals surface area contributed by atoms with E-state index >= 15 is 0 Å². The lowest BCUT2D eigenvalue weighted by Crippen LogP contribution is -2.11. The molecule has 4 nitrogen and oxygen atoms in total. The fourth-order valence-corrected chi connectivity index (χ4v) is 3.19. The molecule has 0 unspecified atom stereocenters. The zero-order chi connectivity index (χ0) is 21.0. The number of hydrogen-bond acceptors (Lipinski definition) is 4. The molecule has 0 amide bonds. The maximum Gasteiger partial charge on any atom is 0.137 e. The number of rotatable bonds is 6. The monoisotopic (exact) mass is 385 g/mol. The van der Waals surface area contributed by atoms with Gasteiger partial charge in [-0.1, -0.05) is 36.4 Å². The summed E-state index contributed by atoms with van der Waals surface area (Å²) in [6.07, 6.45) is 0.0294. The molecule has 0 fully saturated rings.